The molecule has 1 fully saturated rings. The number of nitrogens with zero attached hydrogens (tertiary/aromatic N) is 2. The molecule has 2 heterocycles. The second-order valence-electron chi connectivity index (χ2n) is 2.90. The molecule has 0 saturated carbocycles. The van der Waals surface area contributed by atoms with E-state index in [1.165, 1.54) is 6.33 Å². The first kappa shape index (κ1) is 7.49. The lowest BCUT2D eigenvalue weighted by Gasteiger charge is -2.27. The molecule has 0 atom stereocenters. The van der Waals surface area contributed by atoms with E-state index in [9.17, 15) is 0 Å². The Bertz CT molecular complexity index is 273. The lowest BCUT2D eigenvalue weighted by Crippen LogP contribution is -2.50. The molecule has 1 N–H and O–H groups in total. The molecule has 1 saturated heterocycles. The van der Waals surface area contributed by atoms with Gasteiger partial charge in [-0.2, -0.15) is 0 Å². The molecule has 4 heteroatoms. The fourth-order valence-corrected chi connectivity index (χ4v) is 1.01. The summed E-state index contributed by atoms with van der Waals surface area (Å²) in [6.07, 6.45) is 1.82. The molecule has 0 bridgehead atoms. The highest BCUT2D eigenvalue weighted by Crippen LogP contribution is 2.09. The highest BCUT2D eigenvalue weighted by Gasteiger charge is 2.18. The second kappa shape index (κ2) is 3.06. The third-order valence-electron chi connectivity index (χ3n) is 1.81. The van der Waals surface area contributed by atoms with Gasteiger partial charge in [-0.05, 0) is 6.92 Å². The maximum atomic E-state index is 5.52. The van der Waals surface area contributed by atoms with Crippen molar-refractivity contribution in [2.75, 3.05) is 13.1 Å². The predicted octanol–water partition coefficient (Wildman–Crippen LogP) is 0.136. The molecule has 0 aromatic carbocycles. The van der Waals surface area contributed by atoms with Gasteiger partial charge in [0.1, 0.15) is 12.4 Å². The second-order valence-corrected chi connectivity index (χ2v) is 2.90. The maximum Gasteiger partial charge on any atom is 0.216 e. The molecule has 0 amide bonds. The van der Waals surface area contributed by atoms with Crippen LogP contribution in [0.3, 0.4) is 0 Å². The minimum absolute atomic E-state index is 0.291. The SMILES string of the molecule is Cc1cc(OC2CNC2)ncn1. The zero-order valence-corrected chi connectivity index (χ0v) is 6.95. The van der Waals surface area contributed by atoms with E-state index in [0.29, 0.717) is 12.0 Å². The van der Waals surface area contributed by atoms with Gasteiger partial charge < -0.3 is 10.1 Å². The first-order valence-corrected chi connectivity index (χ1v) is 4.00. The fourth-order valence-electron chi connectivity index (χ4n) is 1.01. The van der Waals surface area contributed by atoms with Gasteiger partial charge in [0.15, 0.2) is 0 Å². The molecule has 1 aliphatic rings. The number of aryl methyl sites for hydroxylation is 1. The van der Waals surface area contributed by atoms with Crippen LogP contribution in [-0.4, -0.2) is 29.2 Å². The smallest absolute Gasteiger partial charge is 0.216 e. The molecular weight excluding hydrogens is 154 g/mol. The number of hydrogen-bond donors (Lipinski definition) is 1. The first-order valence-electron chi connectivity index (χ1n) is 4.00. The van der Waals surface area contributed by atoms with Gasteiger partial charge in [-0.15, -0.1) is 0 Å². The van der Waals surface area contributed by atoms with Crippen LogP contribution in [0.4, 0.5) is 0 Å². The number of nitrogens with one attached hydrogen (secondary N) is 1. The molecule has 1 aromatic heterocycles. The van der Waals surface area contributed by atoms with E-state index in [2.05, 4.69) is 15.3 Å². The molecule has 0 radical (unpaired) electrons. The van der Waals surface area contributed by atoms with E-state index in [1.54, 1.807) is 0 Å². The van der Waals surface area contributed by atoms with Crippen LogP contribution in [0.25, 0.3) is 0 Å². The lowest BCUT2D eigenvalue weighted by atomic mass is 10.2. The standard InChI is InChI=1S/C8H11N3O/c1-6-2-8(11-5-10-6)12-7-3-9-4-7/h2,5,7,9H,3-4H2,1H3. The molecule has 64 valence electrons. The summed E-state index contributed by atoms with van der Waals surface area (Å²) in [5.74, 6) is 0.675. The van der Waals surface area contributed by atoms with Crippen LogP contribution in [-0.2, 0) is 0 Å². The number of aromatic nitrogens is 2. The van der Waals surface area contributed by atoms with Crippen LogP contribution in [0.15, 0.2) is 12.4 Å². The van der Waals surface area contributed by atoms with Crippen molar-refractivity contribution in [3.05, 3.63) is 18.1 Å². The van der Waals surface area contributed by atoms with Gasteiger partial charge in [-0.1, -0.05) is 0 Å². The summed E-state index contributed by atoms with van der Waals surface area (Å²) in [4.78, 5) is 7.98. The van der Waals surface area contributed by atoms with Crippen molar-refractivity contribution >= 4 is 0 Å². The lowest BCUT2D eigenvalue weighted by molar-refractivity contribution is 0.136. The van der Waals surface area contributed by atoms with Gasteiger partial charge in [0, 0.05) is 24.8 Å². The summed E-state index contributed by atoms with van der Waals surface area (Å²) >= 11 is 0. The topological polar surface area (TPSA) is 47.0 Å². The average Bonchev–Trinajstić information content (AvgIpc) is 1.97. The molecule has 2 rings (SSSR count). The summed E-state index contributed by atoms with van der Waals surface area (Å²) < 4.78 is 5.52. The van der Waals surface area contributed by atoms with Crippen molar-refractivity contribution < 1.29 is 4.74 Å². The summed E-state index contributed by atoms with van der Waals surface area (Å²) in [6.45, 7) is 3.76. The molecule has 1 aromatic rings. The van der Waals surface area contributed by atoms with Crippen molar-refractivity contribution in [2.45, 2.75) is 13.0 Å². The zero-order valence-electron chi connectivity index (χ0n) is 6.95. The minimum atomic E-state index is 0.291. The average molecular weight is 165 g/mol. The summed E-state index contributed by atoms with van der Waals surface area (Å²) in [7, 11) is 0. The normalized spacial score (nSPS) is 17.1. The zero-order chi connectivity index (χ0) is 8.39. The number of ether oxygens (including phenoxy) is 1. The summed E-state index contributed by atoms with van der Waals surface area (Å²) in [5.41, 5.74) is 0.937. The Hall–Kier alpha value is -1.16. The molecule has 0 unspecified atom stereocenters. The van der Waals surface area contributed by atoms with Crippen molar-refractivity contribution in [3.63, 3.8) is 0 Å². The van der Waals surface area contributed by atoms with Gasteiger partial charge in [-0.3, -0.25) is 0 Å². The molecule has 0 aliphatic carbocycles. The summed E-state index contributed by atoms with van der Waals surface area (Å²) in [5, 5.41) is 3.13. The highest BCUT2D eigenvalue weighted by atomic mass is 16.5. The van der Waals surface area contributed by atoms with Crippen molar-refractivity contribution in [1.29, 1.82) is 0 Å². The van der Waals surface area contributed by atoms with Crippen LogP contribution in [0.5, 0.6) is 5.88 Å². The number of hydrogen-bond acceptors (Lipinski definition) is 4. The van der Waals surface area contributed by atoms with E-state index < -0.39 is 0 Å². The molecule has 1 aliphatic heterocycles. The fraction of sp³-hybridized carbons (Fsp3) is 0.500. The van der Waals surface area contributed by atoms with E-state index in [-0.39, 0.29) is 0 Å². The van der Waals surface area contributed by atoms with Crippen molar-refractivity contribution in [2.24, 2.45) is 0 Å². The Labute approximate surface area is 71.0 Å². The van der Waals surface area contributed by atoms with E-state index >= 15 is 0 Å². The van der Waals surface area contributed by atoms with Gasteiger partial charge in [0.05, 0.1) is 0 Å². The first-order chi connectivity index (χ1) is 5.84. The monoisotopic (exact) mass is 165 g/mol. The Morgan fingerprint density at radius 1 is 1.50 bits per heavy atom. The predicted molar refractivity (Wildman–Crippen MR) is 44.1 cm³/mol. The molecule has 12 heavy (non-hydrogen) atoms. The Balaban J connectivity index is 2.02. The largest absolute Gasteiger partial charge is 0.472 e. The quantitative estimate of drug-likeness (QED) is 0.677. The maximum absolute atomic E-state index is 5.52. The van der Waals surface area contributed by atoms with Crippen molar-refractivity contribution in [1.82, 2.24) is 15.3 Å². The van der Waals surface area contributed by atoms with Crippen molar-refractivity contribution in [3.8, 4) is 5.88 Å². The summed E-state index contributed by atoms with van der Waals surface area (Å²) in [6, 6.07) is 1.85. The third kappa shape index (κ3) is 1.53. The van der Waals surface area contributed by atoms with Crippen LogP contribution in [0, 0.1) is 6.92 Å². The van der Waals surface area contributed by atoms with Crippen LogP contribution in [0.1, 0.15) is 5.69 Å². The van der Waals surface area contributed by atoms with Gasteiger partial charge in [0.2, 0.25) is 5.88 Å². The molecular formula is C8H11N3O. The highest BCUT2D eigenvalue weighted by molar-refractivity contribution is 5.12. The van der Waals surface area contributed by atoms with Gasteiger partial charge >= 0.3 is 0 Å². The van der Waals surface area contributed by atoms with E-state index in [4.69, 9.17) is 4.74 Å². The Morgan fingerprint density at radius 2 is 2.33 bits per heavy atom. The minimum Gasteiger partial charge on any atom is -0.472 e. The molecule has 0 spiro atoms. The van der Waals surface area contributed by atoms with Crippen LogP contribution in [0.2, 0.25) is 0 Å². The van der Waals surface area contributed by atoms with Gasteiger partial charge in [0.25, 0.3) is 0 Å². The van der Waals surface area contributed by atoms with Crippen LogP contribution < -0.4 is 10.1 Å². The Kier molecular flexibility index (Phi) is 1.91. The van der Waals surface area contributed by atoms with E-state index in [1.807, 2.05) is 13.0 Å². The number of rotatable bonds is 2. The third-order valence-corrected chi connectivity index (χ3v) is 1.81. The molecule has 4 nitrogen and oxygen atoms in total. The Morgan fingerprint density at radius 3 is 2.92 bits per heavy atom. The van der Waals surface area contributed by atoms with E-state index in [0.717, 1.165) is 18.8 Å². The van der Waals surface area contributed by atoms with Crippen LogP contribution >= 0.6 is 0 Å². The van der Waals surface area contributed by atoms with Gasteiger partial charge in [-0.25, -0.2) is 9.97 Å².